The van der Waals surface area contributed by atoms with Gasteiger partial charge in [0.15, 0.2) is 0 Å². The van der Waals surface area contributed by atoms with Crippen molar-refractivity contribution in [3.63, 3.8) is 0 Å². The van der Waals surface area contributed by atoms with Crippen LogP contribution in [0, 0.1) is 0 Å². The summed E-state index contributed by atoms with van der Waals surface area (Å²) in [5.74, 6) is -0.0459. The van der Waals surface area contributed by atoms with Crippen LogP contribution in [-0.4, -0.2) is 28.4 Å². The number of hydrogen-bond acceptors (Lipinski definition) is 4. The maximum absolute atomic E-state index is 13.7. The number of halogens is 12. The molecule has 4 nitrogen and oxygen atoms in total. The summed E-state index contributed by atoms with van der Waals surface area (Å²) in [5.41, 5.74) is -6.39. The highest BCUT2D eigenvalue weighted by Crippen LogP contribution is 2.44. The monoisotopic (exact) mass is 760 g/mol. The Labute approximate surface area is 280 Å². The molecule has 0 aliphatic heterocycles. The summed E-state index contributed by atoms with van der Waals surface area (Å²) in [7, 11) is 4.30. The van der Waals surface area contributed by atoms with Crippen LogP contribution in [0.1, 0.15) is 22.3 Å². The van der Waals surface area contributed by atoms with Crippen LogP contribution in [0.2, 0.25) is 0 Å². The summed E-state index contributed by atoms with van der Waals surface area (Å²) < 4.78 is 186. The standard InChI is InChI=1S/C32H22F12O4P2/c1-45-19-11-23(47-3)27(25(13-19)49-21-7-15(29(33,34)35)5-16(8-21)30(36,37)38)28-24(48-4)12-20(46-2)14-26(28)50-22-9-17(31(39,40)41)6-18(10-22)32(42,43)44/h5-14H,1-4H3. The second-order valence-electron chi connectivity index (χ2n) is 10.2. The van der Waals surface area contributed by atoms with E-state index >= 15 is 0 Å². The molecule has 0 atom stereocenters. The summed E-state index contributed by atoms with van der Waals surface area (Å²) in [4.78, 5) is 0. The number of alkyl halides is 12. The van der Waals surface area contributed by atoms with E-state index in [1.54, 1.807) is 0 Å². The lowest BCUT2D eigenvalue weighted by atomic mass is 10.0. The van der Waals surface area contributed by atoms with Crippen LogP contribution in [0.25, 0.3) is 11.1 Å². The van der Waals surface area contributed by atoms with Gasteiger partial charge in [0.2, 0.25) is 0 Å². The predicted octanol–water partition coefficient (Wildman–Crippen LogP) is 9.26. The zero-order valence-corrected chi connectivity index (χ0v) is 27.6. The predicted molar refractivity (Wildman–Crippen MR) is 163 cm³/mol. The number of hydrogen-bond donors (Lipinski definition) is 0. The number of rotatable bonds is 9. The number of benzene rings is 4. The Bertz CT molecular complexity index is 1670. The van der Waals surface area contributed by atoms with Crippen LogP contribution in [-0.2, 0) is 24.7 Å². The van der Waals surface area contributed by atoms with Gasteiger partial charge >= 0.3 is 24.7 Å². The van der Waals surface area contributed by atoms with Gasteiger partial charge in [-0.15, -0.1) is 0 Å². The van der Waals surface area contributed by atoms with Crippen LogP contribution < -0.4 is 40.2 Å². The minimum Gasteiger partial charge on any atom is -0.497 e. The summed E-state index contributed by atoms with van der Waals surface area (Å²) >= 11 is 0. The smallest absolute Gasteiger partial charge is 0.416 e. The maximum atomic E-state index is 13.7. The fraction of sp³-hybridized carbons (Fsp3) is 0.250. The first kappa shape index (κ1) is 38.9. The van der Waals surface area contributed by atoms with Crippen molar-refractivity contribution >= 4 is 38.4 Å². The topological polar surface area (TPSA) is 36.9 Å². The van der Waals surface area contributed by atoms with E-state index in [0.29, 0.717) is 24.3 Å². The Morgan fingerprint density at radius 3 is 0.880 bits per heavy atom. The molecule has 0 bridgehead atoms. The molecule has 4 aromatic rings. The largest absolute Gasteiger partial charge is 0.497 e. The molecule has 0 heterocycles. The third kappa shape index (κ3) is 8.87. The van der Waals surface area contributed by atoms with Crippen LogP contribution in [0.4, 0.5) is 52.7 Å². The van der Waals surface area contributed by atoms with E-state index in [0.717, 1.165) is 0 Å². The molecule has 0 N–H and O–H groups in total. The normalized spacial score (nSPS) is 13.0. The Morgan fingerprint density at radius 1 is 0.380 bits per heavy atom. The summed E-state index contributed by atoms with van der Waals surface area (Å²) in [5, 5.41) is -0.979. The molecule has 4 aromatic carbocycles. The second-order valence-corrected chi connectivity index (χ2v) is 12.6. The molecule has 0 fully saturated rings. The lowest BCUT2D eigenvalue weighted by Crippen LogP contribution is -2.19. The van der Waals surface area contributed by atoms with Crippen molar-refractivity contribution in [3.8, 4) is 34.1 Å². The van der Waals surface area contributed by atoms with Gasteiger partial charge in [-0.1, -0.05) is 0 Å². The Morgan fingerprint density at radius 2 is 0.660 bits per heavy atom. The van der Waals surface area contributed by atoms with Crippen LogP contribution in [0.3, 0.4) is 0 Å². The highest BCUT2D eigenvalue weighted by Gasteiger charge is 2.39. The van der Waals surface area contributed by atoms with Crippen molar-refractivity contribution in [2.24, 2.45) is 0 Å². The molecule has 0 spiro atoms. The number of methoxy groups -OCH3 is 4. The Kier molecular flexibility index (Phi) is 11.2. The van der Waals surface area contributed by atoms with Crippen molar-refractivity contribution in [1.82, 2.24) is 0 Å². The van der Waals surface area contributed by atoms with Crippen molar-refractivity contribution < 1.29 is 71.6 Å². The molecular formula is C32H22F12O4P2. The summed E-state index contributed by atoms with van der Waals surface area (Å²) in [6.07, 6.45) is -20.6. The van der Waals surface area contributed by atoms with Crippen molar-refractivity contribution in [2.45, 2.75) is 24.7 Å². The first-order chi connectivity index (χ1) is 23.1. The molecule has 0 saturated heterocycles. The number of ether oxygens (including phenoxy) is 4. The lowest BCUT2D eigenvalue weighted by molar-refractivity contribution is -0.144. The van der Waals surface area contributed by atoms with Crippen molar-refractivity contribution in [3.05, 3.63) is 82.9 Å². The highest BCUT2D eigenvalue weighted by molar-refractivity contribution is 7.56. The van der Waals surface area contributed by atoms with Gasteiger partial charge in [-0.3, -0.25) is 0 Å². The zero-order chi connectivity index (χ0) is 37.4. The van der Waals surface area contributed by atoms with Gasteiger partial charge in [-0.05, 0) is 76.3 Å². The molecule has 268 valence electrons. The maximum Gasteiger partial charge on any atom is 0.416 e. The van der Waals surface area contributed by atoms with Gasteiger partial charge in [0.1, 0.15) is 23.0 Å². The van der Waals surface area contributed by atoms with E-state index in [4.69, 9.17) is 18.9 Å². The van der Waals surface area contributed by atoms with Crippen LogP contribution in [0.15, 0.2) is 60.7 Å². The van der Waals surface area contributed by atoms with E-state index in [9.17, 15) is 52.7 Å². The van der Waals surface area contributed by atoms with E-state index in [1.165, 1.54) is 52.7 Å². The highest BCUT2D eigenvalue weighted by atomic mass is 31.1. The van der Waals surface area contributed by atoms with E-state index < -0.39 is 57.6 Å². The third-order valence-corrected chi connectivity index (χ3v) is 9.13. The average Bonchev–Trinajstić information content (AvgIpc) is 3.02. The SMILES string of the molecule is COc1cc(OC)c(-c2c(OC)cc(OC)cc2[P]c2cc(C(F)(F)F)cc(C(F)(F)F)c2)c([P]c2cc(C(F)(F)F)cc(C(F)(F)F)c2)c1. The fourth-order valence-corrected chi connectivity index (χ4v) is 7.10. The summed E-state index contributed by atoms with van der Waals surface area (Å²) in [6.45, 7) is 0. The van der Waals surface area contributed by atoms with Gasteiger partial charge in [0.05, 0.1) is 50.7 Å². The minimum atomic E-state index is -5.16. The molecular weight excluding hydrogens is 738 g/mol. The lowest BCUT2D eigenvalue weighted by Gasteiger charge is -2.22. The van der Waals surface area contributed by atoms with Gasteiger partial charge in [0, 0.05) is 33.9 Å². The van der Waals surface area contributed by atoms with Gasteiger partial charge in [0.25, 0.3) is 0 Å². The minimum absolute atomic E-state index is 0.0198. The molecule has 50 heavy (non-hydrogen) atoms. The molecule has 0 aliphatic rings. The zero-order valence-electron chi connectivity index (χ0n) is 25.8. The molecule has 4 rings (SSSR count). The second kappa shape index (κ2) is 14.4. The molecule has 0 aliphatic carbocycles. The average molecular weight is 760 g/mol. The molecule has 0 saturated carbocycles. The first-order valence-electron chi connectivity index (χ1n) is 13.6. The molecule has 2 radical (unpaired) electrons. The third-order valence-electron chi connectivity index (χ3n) is 6.91. The molecule has 0 unspecified atom stereocenters. The van der Waals surface area contributed by atoms with E-state index in [1.807, 2.05) is 0 Å². The van der Waals surface area contributed by atoms with E-state index in [2.05, 4.69) is 0 Å². The van der Waals surface area contributed by atoms with Crippen molar-refractivity contribution in [1.29, 1.82) is 0 Å². The Balaban J connectivity index is 2.05. The Hall–Kier alpha value is -3.90. The summed E-state index contributed by atoms with van der Waals surface area (Å²) in [6, 6.07) is 7.16. The fourth-order valence-electron chi connectivity index (χ4n) is 4.67. The van der Waals surface area contributed by atoms with Crippen molar-refractivity contribution in [2.75, 3.05) is 28.4 Å². The van der Waals surface area contributed by atoms with Gasteiger partial charge in [-0.25, -0.2) is 0 Å². The van der Waals surface area contributed by atoms with Crippen LogP contribution in [0.5, 0.6) is 23.0 Å². The molecule has 0 amide bonds. The first-order valence-corrected chi connectivity index (χ1v) is 15.4. The van der Waals surface area contributed by atoms with Gasteiger partial charge < -0.3 is 18.9 Å². The quantitative estimate of drug-likeness (QED) is 0.126. The van der Waals surface area contributed by atoms with Gasteiger partial charge in [-0.2, -0.15) is 52.7 Å². The van der Waals surface area contributed by atoms with E-state index in [-0.39, 0.29) is 74.0 Å². The molecule has 18 heteroatoms. The van der Waals surface area contributed by atoms with Crippen LogP contribution >= 0.6 is 17.2 Å². The molecule has 0 aromatic heterocycles.